The minimum absolute atomic E-state index is 0.840. The molecular formula is C14H13NOS. The molecule has 2 nitrogen and oxygen atoms in total. The van der Waals surface area contributed by atoms with Crippen molar-refractivity contribution < 1.29 is 4.74 Å². The third-order valence-electron chi connectivity index (χ3n) is 2.68. The summed E-state index contributed by atoms with van der Waals surface area (Å²) in [5.41, 5.74) is 1.99. The molecule has 2 aromatic rings. The Balaban J connectivity index is 2.02. The molecule has 3 rings (SSSR count). The first-order valence-corrected chi connectivity index (χ1v) is 6.62. The van der Waals surface area contributed by atoms with Gasteiger partial charge in [-0.05, 0) is 24.6 Å². The number of hydrogen-bond acceptors (Lipinski definition) is 3. The largest absolute Gasteiger partial charge is 0.444 e. The summed E-state index contributed by atoms with van der Waals surface area (Å²) in [5, 5.41) is 0.960. The van der Waals surface area contributed by atoms with Crippen LogP contribution < -0.4 is 4.74 Å². The maximum atomic E-state index is 5.92. The monoisotopic (exact) mass is 243 g/mol. The van der Waals surface area contributed by atoms with Crippen LogP contribution >= 0.6 is 11.3 Å². The number of aryl methyl sites for hydroxylation is 1. The molecule has 17 heavy (non-hydrogen) atoms. The van der Waals surface area contributed by atoms with Gasteiger partial charge in [0, 0.05) is 16.7 Å². The highest BCUT2D eigenvalue weighted by Crippen LogP contribution is 2.40. The summed E-state index contributed by atoms with van der Waals surface area (Å²) < 4.78 is 5.92. The quantitative estimate of drug-likeness (QED) is 0.646. The van der Waals surface area contributed by atoms with Gasteiger partial charge in [-0.15, -0.1) is 11.3 Å². The second kappa shape index (κ2) is 4.34. The van der Waals surface area contributed by atoms with E-state index in [0.717, 1.165) is 34.9 Å². The highest BCUT2D eigenvalue weighted by Gasteiger charge is 2.14. The highest BCUT2D eigenvalue weighted by molar-refractivity contribution is 7.14. The van der Waals surface area contributed by atoms with E-state index in [9.17, 15) is 0 Å². The Morgan fingerprint density at radius 1 is 1.29 bits per heavy atom. The summed E-state index contributed by atoms with van der Waals surface area (Å²) in [6.07, 6.45) is 4.17. The minimum Gasteiger partial charge on any atom is -0.444 e. The molecule has 0 saturated heterocycles. The summed E-state index contributed by atoms with van der Waals surface area (Å²) in [6, 6.07) is 10.1. The standard InChI is InChI=1S/C14H13NOS/c1-2-5-11-8-10-9-15-12-6-3-4-7-13(12)16-14(10)17-11/h3-4,6-9H,2,5H2,1H3. The normalized spacial score (nSPS) is 12.5. The Kier molecular flexibility index (Phi) is 2.69. The van der Waals surface area contributed by atoms with Crippen molar-refractivity contribution in [2.75, 3.05) is 0 Å². The fraction of sp³-hybridized carbons (Fsp3) is 0.214. The van der Waals surface area contributed by atoms with Crippen LogP contribution in [0.5, 0.6) is 10.8 Å². The number of aliphatic imine (C=N–C) groups is 1. The molecule has 0 fully saturated rings. The van der Waals surface area contributed by atoms with Gasteiger partial charge in [0.15, 0.2) is 10.8 Å². The van der Waals surface area contributed by atoms with Crippen LogP contribution in [0.15, 0.2) is 35.3 Å². The molecule has 3 heteroatoms. The van der Waals surface area contributed by atoms with E-state index in [1.54, 1.807) is 11.3 Å². The summed E-state index contributed by atoms with van der Waals surface area (Å²) in [5.74, 6) is 0.840. The van der Waals surface area contributed by atoms with Gasteiger partial charge in [0.1, 0.15) is 5.69 Å². The van der Waals surface area contributed by atoms with Gasteiger partial charge in [-0.1, -0.05) is 25.5 Å². The number of hydrogen-bond donors (Lipinski definition) is 0. The summed E-state index contributed by atoms with van der Waals surface area (Å²) >= 11 is 1.72. The van der Waals surface area contributed by atoms with Crippen molar-refractivity contribution in [1.29, 1.82) is 0 Å². The topological polar surface area (TPSA) is 21.6 Å². The zero-order valence-corrected chi connectivity index (χ0v) is 10.5. The van der Waals surface area contributed by atoms with E-state index in [4.69, 9.17) is 4.74 Å². The lowest BCUT2D eigenvalue weighted by Gasteiger charge is -2.03. The number of nitrogens with zero attached hydrogens (tertiary/aromatic N) is 1. The number of benzene rings is 1. The predicted molar refractivity (Wildman–Crippen MR) is 72.1 cm³/mol. The zero-order valence-electron chi connectivity index (χ0n) is 9.64. The van der Waals surface area contributed by atoms with Crippen molar-refractivity contribution in [3.05, 3.63) is 40.8 Å². The van der Waals surface area contributed by atoms with E-state index in [1.165, 1.54) is 4.88 Å². The average Bonchev–Trinajstić information content (AvgIpc) is 2.62. The first kappa shape index (κ1) is 10.5. The molecule has 0 aliphatic carbocycles. The molecule has 0 unspecified atom stereocenters. The van der Waals surface area contributed by atoms with E-state index in [1.807, 2.05) is 30.5 Å². The molecule has 1 aliphatic heterocycles. The number of ether oxygens (including phenoxy) is 1. The number of rotatable bonds is 2. The fourth-order valence-electron chi connectivity index (χ4n) is 1.87. The van der Waals surface area contributed by atoms with Crippen LogP contribution in [-0.2, 0) is 6.42 Å². The van der Waals surface area contributed by atoms with Gasteiger partial charge in [-0.3, -0.25) is 4.99 Å². The molecule has 0 radical (unpaired) electrons. The number of fused-ring (bicyclic) bond motifs is 2. The average molecular weight is 243 g/mol. The molecule has 86 valence electrons. The third kappa shape index (κ3) is 1.98. The van der Waals surface area contributed by atoms with Crippen LogP contribution in [0.3, 0.4) is 0 Å². The van der Waals surface area contributed by atoms with Crippen molar-refractivity contribution in [1.82, 2.24) is 0 Å². The molecular weight excluding hydrogens is 230 g/mol. The molecule has 0 atom stereocenters. The van der Waals surface area contributed by atoms with Crippen molar-refractivity contribution in [3.63, 3.8) is 0 Å². The lowest BCUT2D eigenvalue weighted by atomic mass is 10.2. The number of thiophene rings is 1. The molecule has 0 saturated carbocycles. The molecule has 1 aliphatic rings. The van der Waals surface area contributed by atoms with Gasteiger partial charge in [0.05, 0.1) is 0 Å². The third-order valence-corrected chi connectivity index (χ3v) is 3.77. The lowest BCUT2D eigenvalue weighted by molar-refractivity contribution is 0.499. The predicted octanol–water partition coefficient (Wildman–Crippen LogP) is 4.56. The maximum absolute atomic E-state index is 5.92. The zero-order chi connectivity index (χ0) is 11.7. The van der Waals surface area contributed by atoms with E-state index in [0.29, 0.717) is 0 Å². The maximum Gasteiger partial charge on any atom is 0.190 e. The van der Waals surface area contributed by atoms with Crippen LogP contribution in [0.25, 0.3) is 0 Å². The van der Waals surface area contributed by atoms with Gasteiger partial charge in [0.25, 0.3) is 0 Å². The fourth-order valence-corrected chi connectivity index (χ4v) is 2.96. The van der Waals surface area contributed by atoms with Crippen LogP contribution in [0.2, 0.25) is 0 Å². The van der Waals surface area contributed by atoms with Crippen LogP contribution in [0, 0.1) is 0 Å². The van der Waals surface area contributed by atoms with Gasteiger partial charge < -0.3 is 4.74 Å². The smallest absolute Gasteiger partial charge is 0.190 e. The summed E-state index contributed by atoms with van der Waals surface area (Å²) in [4.78, 5) is 5.82. The van der Waals surface area contributed by atoms with Gasteiger partial charge >= 0.3 is 0 Å². The van der Waals surface area contributed by atoms with E-state index in [2.05, 4.69) is 18.0 Å². The molecule has 0 spiro atoms. The Labute approximate surface area is 105 Å². The van der Waals surface area contributed by atoms with Crippen LogP contribution in [0.4, 0.5) is 5.69 Å². The Morgan fingerprint density at radius 2 is 2.18 bits per heavy atom. The van der Waals surface area contributed by atoms with Crippen LogP contribution in [0.1, 0.15) is 23.8 Å². The minimum atomic E-state index is 0.840. The van der Waals surface area contributed by atoms with E-state index in [-0.39, 0.29) is 0 Å². The van der Waals surface area contributed by atoms with Crippen molar-refractivity contribution in [2.24, 2.45) is 4.99 Å². The molecule has 2 heterocycles. The summed E-state index contributed by atoms with van der Waals surface area (Å²) in [6.45, 7) is 2.19. The second-order valence-corrected chi connectivity index (χ2v) is 5.13. The van der Waals surface area contributed by atoms with Crippen molar-refractivity contribution in [2.45, 2.75) is 19.8 Å². The second-order valence-electron chi connectivity index (χ2n) is 4.03. The summed E-state index contributed by atoms with van der Waals surface area (Å²) in [7, 11) is 0. The first-order valence-electron chi connectivity index (χ1n) is 5.80. The molecule has 0 amide bonds. The van der Waals surface area contributed by atoms with E-state index < -0.39 is 0 Å². The Bertz CT molecular complexity index is 571. The Hall–Kier alpha value is -1.61. The molecule has 1 aromatic heterocycles. The van der Waals surface area contributed by atoms with Crippen molar-refractivity contribution >= 4 is 23.2 Å². The lowest BCUT2D eigenvalue weighted by Crippen LogP contribution is -1.81. The van der Waals surface area contributed by atoms with Gasteiger partial charge in [-0.25, -0.2) is 0 Å². The SMILES string of the molecule is CCCc1cc2c(s1)Oc1ccccc1N=C2. The van der Waals surface area contributed by atoms with Gasteiger partial charge in [-0.2, -0.15) is 0 Å². The van der Waals surface area contributed by atoms with Gasteiger partial charge in [0.2, 0.25) is 0 Å². The Morgan fingerprint density at radius 3 is 3.06 bits per heavy atom. The molecule has 0 N–H and O–H groups in total. The highest BCUT2D eigenvalue weighted by atomic mass is 32.1. The van der Waals surface area contributed by atoms with Crippen LogP contribution in [-0.4, -0.2) is 6.21 Å². The molecule has 1 aromatic carbocycles. The van der Waals surface area contributed by atoms with E-state index >= 15 is 0 Å². The van der Waals surface area contributed by atoms with Crippen molar-refractivity contribution in [3.8, 4) is 10.8 Å². The molecule has 0 bridgehead atoms. The first-order chi connectivity index (χ1) is 8.36. The number of para-hydroxylation sites is 2.